The number of piperazine rings is 1. The summed E-state index contributed by atoms with van der Waals surface area (Å²) in [6.45, 7) is 7.66. The predicted molar refractivity (Wildman–Crippen MR) is 79.6 cm³/mol. The largest absolute Gasteiger partial charge is 0.496 e. The van der Waals surface area contributed by atoms with Gasteiger partial charge in [-0.1, -0.05) is 6.92 Å². The van der Waals surface area contributed by atoms with Crippen LogP contribution in [0.1, 0.15) is 20.3 Å². The molecule has 1 heterocycles. The van der Waals surface area contributed by atoms with E-state index in [4.69, 9.17) is 4.74 Å². The van der Waals surface area contributed by atoms with Gasteiger partial charge in [-0.2, -0.15) is 0 Å². The maximum Gasteiger partial charge on any atom is 0.133 e. The highest BCUT2D eigenvalue weighted by molar-refractivity contribution is 9.10. The third-order valence-corrected chi connectivity index (χ3v) is 4.37. The molecule has 1 aromatic rings. The van der Waals surface area contributed by atoms with Crippen molar-refractivity contribution < 1.29 is 4.74 Å². The average molecular weight is 313 g/mol. The molecule has 1 aliphatic rings. The van der Waals surface area contributed by atoms with Gasteiger partial charge in [0.25, 0.3) is 0 Å². The lowest BCUT2D eigenvalue weighted by atomic mass is 9.95. The minimum atomic E-state index is 0.213. The molecule has 1 N–H and O–H groups in total. The summed E-state index contributed by atoms with van der Waals surface area (Å²) in [6.07, 6.45) is 1.14. The molecule has 1 aromatic carbocycles. The van der Waals surface area contributed by atoms with Gasteiger partial charge in [0.2, 0.25) is 0 Å². The number of halogens is 1. The van der Waals surface area contributed by atoms with Crippen molar-refractivity contribution in [3.05, 3.63) is 22.7 Å². The molecule has 1 fully saturated rings. The first kappa shape index (κ1) is 13.7. The van der Waals surface area contributed by atoms with Crippen LogP contribution in [0, 0.1) is 0 Å². The van der Waals surface area contributed by atoms with Gasteiger partial charge >= 0.3 is 0 Å². The van der Waals surface area contributed by atoms with Crippen molar-refractivity contribution in [1.29, 1.82) is 0 Å². The van der Waals surface area contributed by atoms with Crippen LogP contribution < -0.4 is 15.0 Å². The van der Waals surface area contributed by atoms with Crippen LogP contribution in [0.2, 0.25) is 0 Å². The third-order valence-electron chi connectivity index (χ3n) is 3.75. The molecular formula is C14H21BrN2O. The number of nitrogens with zero attached hydrogens (tertiary/aromatic N) is 1. The number of nitrogens with one attached hydrogen (secondary N) is 1. The summed E-state index contributed by atoms with van der Waals surface area (Å²) < 4.78 is 6.28. The molecule has 3 nitrogen and oxygen atoms in total. The predicted octanol–water partition coefficient (Wildman–Crippen LogP) is 3.04. The van der Waals surface area contributed by atoms with Gasteiger partial charge < -0.3 is 15.0 Å². The van der Waals surface area contributed by atoms with E-state index >= 15 is 0 Å². The monoisotopic (exact) mass is 312 g/mol. The minimum absolute atomic E-state index is 0.213. The average Bonchev–Trinajstić information content (AvgIpc) is 2.39. The molecule has 2 rings (SSSR count). The Balaban J connectivity index is 2.18. The van der Waals surface area contributed by atoms with Crippen LogP contribution in [0.4, 0.5) is 5.69 Å². The quantitative estimate of drug-likeness (QED) is 0.928. The Morgan fingerprint density at radius 3 is 2.89 bits per heavy atom. The number of hydrogen-bond acceptors (Lipinski definition) is 3. The number of benzene rings is 1. The highest BCUT2D eigenvalue weighted by Gasteiger charge is 2.28. The van der Waals surface area contributed by atoms with Crippen molar-refractivity contribution in [2.75, 3.05) is 31.6 Å². The fourth-order valence-corrected chi connectivity index (χ4v) is 2.89. The molecule has 1 unspecified atom stereocenters. The molecule has 4 heteroatoms. The fraction of sp³-hybridized carbons (Fsp3) is 0.571. The summed E-state index contributed by atoms with van der Waals surface area (Å²) >= 11 is 3.55. The van der Waals surface area contributed by atoms with Crippen molar-refractivity contribution >= 4 is 21.6 Å². The van der Waals surface area contributed by atoms with Crippen LogP contribution in [0.15, 0.2) is 22.7 Å². The van der Waals surface area contributed by atoms with Gasteiger partial charge in [0.05, 0.1) is 11.6 Å². The SMILES string of the molecule is CCC1(C)CN(c2ccc(OC)c(Br)c2)CCN1. The molecule has 100 valence electrons. The zero-order valence-electron chi connectivity index (χ0n) is 11.3. The van der Waals surface area contributed by atoms with Crippen molar-refractivity contribution in [1.82, 2.24) is 5.32 Å². The molecule has 1 aliphatic heterocycles. The van der Waals surface area contributed by atoms with Gasteiger partial charge in [0.1, 0.15) is 5.75 Å². The van der Waals surface area contributed by atoms with E-state index in [0.717, 1.165) is 36.3 Å². The summed E-state index contributed by atoms with van der Waals surface area (Å²) in [4.78, 5) is 2.43. The Morgan fingerprint density at radius 2 is 2.28 bits per heavy atom. The van der Waals surface area contributed by atoms with E-state index < -0.39 is 0 Å². The summed E-state index contributed by atoms with van der Waals surface area (Å²) in [7, 11) is 1.69. The lowest BCUT2D eigenvalue weighted by molar-refractivity contribution is 0.314. The molecule has 0 aliphatic carbocycles. The standard InChI is InChI=1S/C14H21BrN2O/c1-4-14(2)10-17(8-7-16-14)11-5-6-13(18-3)12(15)9-11/h5-6,9,16H,4,7-8,10H2,1-3H3. The second kappa shape index (κ2) is 5.49. The first-order valence-corrected chi connectivity index (χ1v) is 7.21. The Bertz CT molecular complexity index is 424. The second-order valence-corrected chi connectivity index (χ2v) is 5.94. The molecule has 1 saturated heterocycles. The first-order chi connectivity index (χ1) is 8.58. The Morgan fingerprint density at radius 1 is 1.50 bits per heavy atom. The van der Waals surface area contributed by atoms with E-state index in [9.17, 15) is 0 Å². The zero-order chi connectivity index (χ0) is 13.2. The Kier molecular flexibility index (Phi) is 4.17. The number of methoxy groups -OCH3 is 1. The van der Waals surface area contributed by atoms with Gasteiger partial charge in [-0.05, 0) is 47.5 Å². The van der Waals surface area contributed by atoms with Gasteiger partial charge in [-0.15, -0.1) is 0 Å². The summed E-state index contributed by atoms with van der Waals surface area (Å²) in [5, 5.41) is 3.60. The van der Waals surface area contributed by atoms with E-state index in [2.05, 4.69) is 52.1 Å². The summed E-state index contributed by atoms with van der Waals surface area (Å²) in [5.41, 5.74) is 1.47. The Hall–Kier alpha value is -0.740. The summed E-state index contributed by atoms with van der Waals surface area (Å²) in [6, 6.07) is 6.29. The van der Waals surface area contributed by atoms with Gasteiger partial charge in [0.15, 0.2) is 0 Å². The molecule has 18 heavy (non-hydrogen) atoms. The Labute approximate surface area is 118 Å². The molecule has 0 saturated carbocycles. The van der Waals surface area contributed by atoms with E-state index in [1.165, 1.54) is 5.69 Å². The molecule has 1 atom stereocenters. The highest BCUT2D eigenvalue weighted by atomic mass is 79.9. The normalized spacial score (nSPS) is 24.1. The summed E-state index contributed by atoms with van der Waals surface area (Å²) in [5.74, 6) is 0.882. The molecule has 0 aromatic heterocycles. The minimum Gasteiger partial charge on any atom is -0.496 e. The molecule has 0 bridgehead atoms. The second-order valence-electron chi connectivity index (χ2n) is 5.08. The molecular weight excluding hydrogens is 292 g/mol. The van der Waals surface area contributed by atoms with Crippen LogP contribution in [-0.4, -0.2) is 32.3 Å². The lowest BCUT2D eigenvalue weighted by Gasteiger charge is -2.42. The van der Waals surface area contributed by atoms with Crippen molar-refractivity contribution in [2.24, 2.45) is 0 Å². The molecule has 0 radical (unpaired) electrons. The smallest absolute Gasteiger partial charge is 0.133 e. The number of ether oxygens (including phenoxy) is 1. The molecule has 0 spiro atoms. The maximum atomic E-state index is 5.27. The van der Waals surface area contributed by atoms with E-state index in [0.29, 0.717) is 0 Å². The molecule has 0 amide bonds. The maximum absolute atomic E-state index is 5.27. The van der Waals surface area contributed by atoms with Crippen LogP contribution in [-0.2, 0) is 0 Å². The van der Waals surface area contributed by atoms with Crippen molar-refractivity contribution in [3.63, 3.8) is 0 Å². The first-order valence-electron chi connectivity index (χ1n) is 6.41. The lowest BCUT2D eigenvalue weighted by Crippen LogP contribution is -2.58. The third kappa shape index (κ3) is 2.81. The van der Waals surface area contributed by atoms with Crippen LogP contribution in [0.5, 0.6) is 5.75 Å². The van der Waals surface area contributed by atoms with Gasteiger partial charge in [-0.3, -0.25) is 0 Å². The fourth-order valence-electron chi connectivity index (χ4n) is 2.36. The number of anilines is 1. The van der Waals surface area contributed by atoms with Gasteiger partial charge in [-0.25, -0.2) is 0 Å². The zero-order valence-corrected chi connectivity index (χ0v) is 12.9. The van der Waals surface area contributed by atoms with E-state index in [-0.39, 0.29) is 5.54 Å². The van der Waals surface area contributed by atoms with E-state index in [1.54, 1.807) is 7.11 Å². The van der Waals surface area contributed by atoms with Gasteiger partial charge in [0, 0.05) is 30.9 Å². The number of rotatable bonds is 3. The number of hydrogen-bond donors (Lipinski definition) is 1. The topological polar surface area (TPSA) is 24.5 Å². The van der Waals surface area contributed by atoms with Crippen molar-refractivity contribution in [3.8, 4) is 5.75 Å². The van der Waals surface area contributed by atoms with Crippen molar-refractivity contribution in [2.45, 2.75) is 25.8 Å². The van der Waals surface area contributed by atoms with Crippen LogP contribution >= 0.6 is 15.9 Å². The van der Waals surface area contributed by atoms with E-state index in [1.807, 2.05) is 6.07 Å². The van der Waals surface area contributed by atoms with Crippen LogP contribution in [0.3, 0.4) is 0 Å². The highest BCUT2D eigenvalue weighted by Crippen LogP contribution is 2.31. The van der Waals surface area contributed by atoms with Crippen LogP contribution in [0.25, 0.3) is 0 Å².